The lowest BCUT2D eigenvalue weighted by atomic mass is 9.66. The third-order valence-electron chi connectivity index (χ3n) is 3.98. The van der Waals surface area contributed by atoms with Crippen LogP contribution in [0.3, 0.4) is 0 Å². The highest BCUT2D eigenvalue weighted by molar-refractivity contribution is 4.86. The lowest BCUT2D eigenvalue weighted by Crippen LogP contribution is -2.34. The molecule has 0 nitrogen and oxygen atoms in total. The molecule has 0 radical (unpaired) electrons. The summed E-state index contributed by atoms with van der Waals surface area (Å²) in [6.07, 6.45) is -1.90. The zero-order chi connectivity index (χ0) is 11.0. The molecule has 0 unspecified atom stereocenters. The number of halogens is 3. The maximum atomic E-state index is 12.4. The van der Waals surface area contributed by atoms with E-state index in [0.717, 1.165) is 12.8 Å². The first kappa shape index (κ1) is 11.9. The molecular weight excluding hydrogens is 189 g/mol. The van der Waals surface area contributed by atoms with Gasteiger partial charge in [0.2, 0.25) is 0 Å². The standard InChI is InChI=1S/C11H19F3/c1-8(2)10(3)6-4-9(5-7-10)11(12,13)14/h8-9H,4-7H2,1-3H3. The van der Waals surface area contributed by atoms with Gasteiger partial charge >= 0.3 is 6.18 Å². The van der Waals surface area contributed by atoms with Crippen molar-refractivity contribution in [3.63, 3.8) is 0 Å². The molecule has 0 aromatic rings. The highest BCUT2D eigenvalue weighted by Gasteiger charge is 2.44. The fourth-order valence-corrected chi connectivity index (χ4v) is 2.18. The highest BCUT2D eigenvalue weighted by Crippen LogP contribution is 2.48. The van der Waals surface area contributed by atoms with Crippen LogP contribution in [-0.4, -0.2) is 6.18 Å². The first-order chi connectivity index (χ1) is 6.26. The molecule has 1 rings (SSSR count). The van der Waals surface area contributed by atoms with Crippen molar-refractivity contribution in [3.8, 4) is 0 Å². The SMILES string of the molecule is CC(C)C1(C)CCC(C(F)(F)F)CC1. The summed E-state index contributed by atoms with van der Waals surface area (Å²) in [4.78, 5) is 0. The van der Waals surface area contributed by atoms with Gasteiger partial charge in [0.1, 0.15) is 0 Å². The molecule has 0 spiro atoms. The van der Waals surface area contributed by atoms with Gasteiger partial charge in [-0.1, -0.05) is 20.8 Å². The first-order valence-electron chi connectivity index (χ1n) is 5.32. The van der Waals surface area contributed by atoms with Gasteiger partial charge in [0.15, 0.2) is 0 Å². The van der Waals surface area contributed by atoms with Crippen molar-refractivity contribution >= 4 is 0 Å². The summed E-state index contributed by atoms with van der Waals surface area (Å²) in [5.41, 5.74) is 0.127. The lowest BCUT2D eigenvalue weighted by molar-refractivity contribution is -0.188. The molecule has 0 heterocycles. The van der Waals surface area contributed by atoms with Gasteiger partial charge < -0.3 is 0 Å². The first-order valence-corrected chi connectivity index (χ1v) is 5.32. The highest BCUT2D eigenvalue weighted by atomic mass is 19.4. The molecule has 0 bridgehead atoms. The summed E-state index contributed by atoms with van der Waals surface area (Å²) in [6.45, 7) is 6.33. The molecule has 0 aliphatic heterocycles. The van der Waals surface area contributed by atoms with E-state index in [1.807, 2.05) is 0 Å². The van der Waals surface area contributed by atoms with E-state index in [1.165, 1.54) is 0 Å². The summed E-state index contributed by atoms with van der Waals surface area (Å²) in [5, 5.41) is 0. The van der Waals surface area contributed by atoms with Crippen molar-refractivity contribution in [2.75, 3.05) is 0 Å². The van der Waals surface area contributed by atoms with Gasteiger partial charge in [0.05, 0.1) is 5.92 Å². The van der Waals surface area contributed by atoms with Gasteiger partial charge in [0.25, 0.3) is 0 Å². The minimum Gasteiger partial charge on any atom is -0.171 e. The van der Waals surface area contributed by atoms with Crippen LogP contribution in [0, 0.1) is 17.3 Å². The minimum atomic E-state index is -3.97. The second-order valence-electron chi connectivity index (χ2n) is 5.12. The van der Waals surface area contributed by atoms with Crippen molar-refractivity contribution in [1.29, 1.82) is 0 Å². The molecule has 1 aliphatic carbocycles. The van der Waals surface area contributed by atoms with Crippen LogP contribution in [0.1, 0.15) is 46.5 Å². The second-order valence-corrected chi connectivity index (χ2v) is 5.12. The summed E-state index contributed by atoms with van der Waals surface area (Å²) in [6, 6.07) is 0. The molecule has 0 aromatic heterocycles. The van der Waals surface area contributed by atoms with Gasteiger partial charge in [-0.3, -0.25) is 0 Å². The Bertz CT molecular complexity index is 185. The van der Waals surface area contributed by atoms with E-state index in [1.54, 1.807) is 0 Å². The van der Waals surface area contributed by atoms with Crippen molar-refractivity contribution in [3.05, 3.63) is 0 Å². The minimum absolute atomic E-state index is 0.127. The predicted octanol–water partition coefficient (Wildman–Crippen LogP) is 4.40. The third-order valence-corrected chi connectivity index (χ3v) is 3.98. The molecule has 1 saturated carbocycles. The van der Waals surface area contributed by atoms with Crippen molar-refractivity contribution < 1.29 is 13.2 Å². The lowest BCUT2D eigenvalue weighted by Gasteiger charge is -2.41. The molecule has 0 amide bonds. The van der Waals surface area contributed by atoms with Gasteiger partial charge in [-0.2, -0.15) is 13.2 Å². The summed E-state index contributed by atoms with van der Waals surface area (Å²) in [7, 11) is 0. The molecule has 0 N–H and O–H groups in total. The average molecular weight is 208 g/mol. The van der Waals surface area contributed by atoms with Crippen molar-refractivity contribution in [1.82, 2.24) is 0 Å². The van der Waals surface area contributed by atoms with Gasteiger partial charge in [0, 0.05) is 0 Å². The number of rotatable bonds is 1. The van der Waals surface area contributed by atoms with E-state index in [4.69, 9.17) is 0 Å². The van der Waals surface area contributed by atoms with Crippen LogP contribution >= 0.6 is 0 Å². The molecule has 0 atom stereocenters. The van der Waals surface area contributed by atoms with Crippen LogP contribution in [-0.2, 0) is 0 Å². The summed E-state index contributed by atoms with van der Waals surface area (Å²) < 4.78 is 37.2. The maximum absolute atomic E-state index is 12.4. The second kappa shape index (κ2) is 3.74. The smallest absolute Gasteiger partial charge is 0.171 e. The van der Waals surface area contributed by atoms with Gasteiger partial charge in [-0.05, 0) is 37.0 Å². The molecule has 1 fully saturated rings. The monoisotopic (exact) mass is 208 g/mol. The molecule has 14 heavy (non-hydrogen) atoms. The zero-order valence-corrected chi connectivity index (χ0v) is 9.12. The summed E-state index contributed by atoms with van der Waals surface area (Å²) >= 11 is 0. The van der Waals surface area contributed by atoms with Crippen LogP contribution < -0.4 is 0 Å². The Hall–Kier alpha value is -0.210. The number of hydrogen-bond donors (Lipinski definition) is 0. The van der Waals surface area contributed by atoms with Crippen molar-refractivity contribution in [2.45, 2.75) is 52.6 Å². The Morgan fingerprint density at radius 3 is 1.86 bits per heavy atom. The normalized spacial score (nSPS) is 34.9. The quantitative estimate of drug-likeness (QED) is 0.599. The fraction of sp³-hybridized carbons (Fsp3) is 1.00. The maximum Gasteiger partial charge on any atom is 0.391 e. The Morgan fingerprint density at radius 1 is 1.14 bits per heavy atom. The Balaban J connectivity index is 2.54. The average Bonchev–Trinajstić information content (AvgIpc) is 2.03. The summed E-state index contributed by atoms with van der Waals surface area (Å²) in [5.74, 6) is -0.564. The van der Waals surface area contributed by atoms with Crippen molar-refractivity contribution in [2.24, 2.45) is 17.3 Å². The van der Waals surface area contributed by atoms with E-state index in [9.17, 15) is 13.2 Å². The number of alkyl halides is 3. The van der Waals surface area contributed by atoms with E-state index >= 15 is 0 Å². The predicted molar refractivity (Wildman–Crippen MR) is 51.0 cm³/mol. The Kier molecular flexibility index (Phi) is 3.17. The topological polar surface area (TPSA) is 0 Å². The van der Waals surface area contributed by atoms with E-state index in [0.29, 0.717) is 18.8 Å². The molecule has 3 heteroatoms. The largest absolute Gasteiger partial charge is 0.391 e. The van der Waals surface area contributed by atoms with Gasteiger partial charge in [-0.25, -0.2) is 0 Å². The Labute approximate surface area is 83.9 Å². The molecule has 0 saturated heterocycles. The number of hydrogen-bond acceptors (Lipinski definition) is 0. The van der Waals surface area contributed by atoms with Crippen LogP contribution in [0.25, 0.3) is 0 Å². The van der Waals surface area contributed by atoms with Crippen LogP contribution in [0.15, 0.2) is 0 Å². The van der Waals surface area contributed by atoms with Gasteiger partial charge in [-0.15, -0.1) is 0 Å². The van der Waals surface area contributed by atoms with E-state index in [-0.39, 0.29) is 5.41 Å². The van der Waals surface area contributed by atoms with E-state index in [2.05, 4.69) is 20.8 Å². The fourth-order valence-electron chi connectivity index (χ4n) is 2.18. The third kappa shape index (κ3) is 2.43. The zero-order valence-electron chi connectivity index (χ0n) is 9.12. The molecule has 1 aliphatic rings. The molecular formula is C11H19F3. The van der Waals surface area contributed by atoms with E-state index < -0.39 is 12.1 Å². The van der Waals surface area contributed by atoms with Crippen LogP contribution in [0.5, 0.6) is 0 Å². The van der Waals surface area contributed by atoms with Crippen LogP contribution in [0.2, 0.25) is 0 Å². The molecule has 84 valence electrons. The Morgan fingerprint density at radius 2 is 1.57 bits per heavy atom. The van der Waals surface area contributed by atoms with Crippen LogP contribution in [0.4, 0.5) is 13.2 Å². The molecule has 0 aromatic carbocycles.